The van der Waals surface area contributed by atoms with Gasteiger partial charge in [0.25, 0.3) is 0 Å². The zero-order valence-electron chi connectivity index (χ0n) is 14.9. The molecule has 1 amide bonds. The molecule has 0 aromatic heterocycles. The Kier molecular flexibility index (Phi) is 6.74. The number of carbonyl (C=O) groups excluding carboxylic acids is 1. The van der Waals surface area contributed by atoms with E-state index < -0.39 is 28.6 Å². The van der Waals surface area contributed by atoms with Gasteiger partial charge in [-0.3, -0.25) is 9.59 Å². The summed E-state index contributed by atoms with van der Waals surface area (Å²) in [5.74, 6) is -1.30. The van der Waals surface area contributed by atoms with Gasteiger partial charge in [0.1, 0.15) is 6.54 Å². The van der Waals surface area contributed by atoms with Gasteiger partial charge >= 0.3 is 5.97 Å². The van der Waals surface area contributed by atoms with Crippen LogP contribution in [-0.2, 0) is 30.8 Å². The van der Waals surface area contributed by atoms with Crippen LogP contribution in [-0.4, -0.2) is 79.8 Å². The van der Waals surface area contributed by atoms with Crippen LogP contribution in [0.4, 0.5) is 0 Å². The van der Waals surface area contributed by atoms with Crippen molar-refractivity contribution < 1.29 is 27.9 Å². The third kappa shape index (κ3) is 6.08. The molecule has 0 bridgehead atoms. The molecule has 26 heavy (non-hydrogen) atoms. The van der Waals surface area contributed by atoms with Gasteiger partial charge in [-0.25, -0.2) is 8.42 Å². The number of carboxylic acid groups (broad SMARTS) is 1. The third-order valence-corrected chi connectivity index (χ3v) is 5.37. The first-order valence-corrected chi connectivity index (χ1v) is 10.1. The molecule has 1 unspecified atom stereocenters. The molecule has 1 aromatic rings. The monoisotopic (exact) mass is 384 g/mol. The smallest absolute Gasteiger partial charge is 0.318 e. The van der Waals surface area contributed by atoms with Gasteiger partial charge in [0.05, 0.1) is 25.4 Å². The normalized spacial score (nSPS) is 18.1. The first kappa shape index (κ1) is 20.3. The molecule has 1 aliphatic rings. The van der Waals surface area contributed by atoms with Crippen molar-refractivity contribution in [3.05, 3.63) is 35.4 Å². The van der Waals surface area contributed by atoms with Crippen LogP contribution in [0.25, 0.3) is 0 Å². The van der Waals surface area contributed by atoms with Gasteiger partial charge in [0, 0.05) is 19.6 Å². The van der Waals surface area contributed by atoms with Gasteiger partial charge in [-0.05, 0) is 12.5 Å². The van der Waals surface area contributed by atoms with Crippen LogP contribution in [0.15, 0.2) is 24.3 Å². The fraction of sp³-hybridized carbons (Fsp3) is 0.529. The number of morpholine rings is 1. The van der Waals surface area contributed by atoms with E-state index in [2.05, 4.69) is 0 Å². The summed E-state index contributed by atoms with van der Waals surface area (Å²) in [6, 6.07) is 7.70. The number of aryl methyl sites for hydroxylation is 1. The zero-order chi connectivity index (χ0) is 19.3. The number of aliphatic carboxylic acids is 1. The minimum atomic E-state index is -3.68. The highest BCUT2D eigenvalue weighted by Crippen LogP contribution is 2.12. The summed E-state index contributed by atoms with van der Waals surface area (Å²) in [6.45, 7) is 2.20. The van der Waals surface area contributed by atoms with Crippen LogP contribution in [0.2, 0.25) is 0 Å². The fourth-order valence-corrected chi connectivity index (χ4v) is 3.53. The molecule has 0 spiro atoms. The quantitative estimate of drug-likeness (QED) is 0.716. The second-order valence-corrected chi connectivity index (χ2v) is 8.43. The van der Waals surface area contributed by atoms with Crippen LogP contribution < -0.4 is 0 Å². The number of ether oxygens (including phenoxy) is 1. The maximum Gasteiger partial charge on any atom is 0.318 e. The standard InChI is InChI=1S/C17H24N2O6S/c1-13-3-5-14(6-4-13)9-16(20)18-7-8-25-15(10-18)11-19(12-17(21)22)26(2,23)24/h3-6,15H,7-12H2,1-2H3,(H,21,22). The summed E-state index contributed by atoms with van der Waals surface area (Å²) in [4.78, 5) is 25.0. The topological polar surface area (TPSA) is 104 Å². The number of carboxylic acids is 1. The van der Waals surface area contributed by atoms with Crippen molar-refractivity contribution in [2.24, 2.45) is 0 Å². The Bertz CT molecular complexity index is 747. The number of hydrogen-bond acceptors (Lipinski definition) is 5. The molecule has 2 rings (SSSR count). The van der Waals surface area contributed by atoms with Gasteiger partial charge in [0.15, 0.2) is 0 Å². The van der Waals surface area contributed by atoms with Crippen LogP contribution in [0, 0.1) is 6.92 Å². The van der Waals surface area contributed by atoms with Crippen molar-refractivity contribution in [3.8, 4) is 0 Å². The lowest BCUT2D eigenvalue weighted by Gasteiger charge is -2.35. The number of sulfonamides is 1. The number of hydrogen-bond donors (Lipinski definition) is 1. The molecule has 9 heteroatoms. The van der Waals surface area contributed by atoms with E-state index in [-0.39, 0.29) is 32.0 Å². The van der Waals surface area contributed by atoms with E-state index >= 15 is 0 Å². The van der Waals surface area contributed by atoms with E-state index in [4.69, 9.17) is 9.84 Å². The van der Waals surface area contributed by atoms with Gasteiger partial charge in [-0.1, -0.05) is 29.8 Å². The van der Waals surface area contributed by atoms with E-state index in [9.17, 15) is 18.0 Å². The summed E-state index contributed by atoms with van der Waals surface area (Å²) < 4.78 is 29.9. The number of amides is 1. The van der Waals surface area contributed by atoms with Crippen LogP contribution in [0.5, 0.6) is 0 Å². The van der Waals surface area contributed by atoms with Crippen LogP contribution in [0.3, 0.4) is 0 Å². The molecule has 1 saturated heterocycles. The predicted molar refractivity (Wildman–Crippen MR) is 95.3 cm³/mol. The van der Waals surface area contributed by atoms with E-state index in [1.165, 1.54) is 0 Å². The highest BCUT2D eigenvalue weighted by Gasteiger charge is 2.29. The summed E-state index contributed by atoms with van der Waals surface area (Å²) in [6.07, 6.45) is 0.663. The Morgan fingerprint density at radius 1 is 1.31 bits per heavy atom. The SMILES string of the molecule is Cc1ccc(CC(=O)N2CCOC(CN(CC(=O)O)S(C)(=O)=O)C2)cc1. The zero-order valence-corrected chi connectivity index (χ0v) is 15.7. The van der Waals surface area contributed by atoms with Crippen molar-refractivity contribution in [1.82, 2.24) is 9.21 Å². The molecule has 1 atom stereocenters. The molecule has 144 valence electrons. The molecular formula is C17H24N2O6S. The molecule has 1 heterocycles. The van der Waals surface area contributed by atoms with Crippen molar-refractivity contribution in [2.75, 3.05) is 39.0 Å². The molecule has 1 fully saturated rings. The van der Waals surface area contributed by atoms with Gasteiger partial charge in [-0.2, -0.15) is 4.31 Å². The van der Waals surface area contributed by atoms with Crippen molar-refractivity contribution in [2.45, 2.75) is 19.4 Å². The summed E-state index contributed by atoms with van der Waals surface area (Å²) in [5.41, 5.74) is 2.03. The van der Waals surface area contributed by atoms with Crippen LogP contribution >= 0.6 is 0 Å². The average Bonchev–Trinajstić information content (AvgIpc) is 2.55. The lowest BCUT2D eigenvalue weighted by atomic mass is 10.1. The first-order chi connectivity index (χ1) is 12.1. The summed E-state index contributed by atoms with van der Waals surface area (Å²) in [7, 11) is -3.68. The highest BCUT2D eigenvalue weighted by molar-refractivity contribution is 7.88. The maximum absolute atomic E-state index is 12.5. The lowest BCUT2D eigenvalue weighted by Crippen LogP contribution is -2.51. The molecule has 1 aromatic carbocycles. The Balaban J connectivity index is 1.97. The molecular weight excluding hydrogens is 360 g/mol. The molecule has 8 nitrogen and oxygen atoms in total. The first-order valence-electron chi connectivity index (χ1n) is 8.27. The Morgan fingerprint density at radius 3 is 2.54 bits per heavy atom. The lowest BCUT2D eigenvalue weighted by molar-refractivity contribution is -0.140. The number of carbonyl (C=O) groups is 2. The summed E-state index contributed by atoms with van der Waals surface area (Å²) >= 11 is 0. The summed E-state index contributed by atoms with van der Waals surface area (Å²) in [5, 5.41) is 8.89. The van der Waals surface area contributed by atoms with E-state index in [0.717, 1.165) is 21.7 Å². The second kappa shape index (κ2) is 8.61. The Hall–Kier alpha value is -1.97. The Morgan fingerprint density at radius 2 is 1.96 bits per heavy atom. The fourth-order valence-electron chi connectivity index (χ4n) is 2.74. The van der Waals surface area contributed by atoms with E-state index in [0.29, 0.717) is 6.54 Å². The minimum Gasteiger partial charge on any atom is -0.480 e. The third-order valence-electron chi connectivity index (χ3n) is 4.16. The average molecular weight is 384 g/mol. The van der Waals surface area contributed by atoms with Crippen molar-refractivity contribution in [1.29, 1.82) is 0 Å². The Labute approximate surface area is 153 Å². The van der Waals surface area contributed by atoms with Gasteiger partial charge < -0.3 is 14.7 Å². The number of nitrogens with zero attached hydrogens (tertiary/aromatic N) is 2. The highest BCUT2D eigenvalue weighted by atomic mass is 32.2. The number of benzene rings is 1. The molecule has 1 N–H and O–H groups in total. The van der Waals surface area contributed by atoms with Gasteiger partial charge in [-0.15, -0.1) is 0 Å². The molecule has 1 aliphatic heterocycles. The van der Waals surface area contributed by atoms with Gasteiger partial charge in [0.2, 0.25) is 15.9 Å². The predicted octanol–water partition coefficient (Wildman–Crippen LogP) is 0.111. The number of rotatable bonds is 7. The molecule has 0 radical (unpaired) electrons. The second-order valence-electron chi connectivity index (χ2n) is 6.44. The largest absolute Gasteiger partial charge is 0.480 e. The van der Waals surface area contributed by atoms with Crippen molar-refractivity contribution >= 4 is 21.9 Å². The molecule has 0 saturated carbocycles. The maximum atomic E-state index is 12.5. The van der Waals surface area contributed by atoms with E-state index in [1.54, 1.807) is 4.90 Å². The van der Waals surface area contributed by atoms with Crippen LogP contribution in [0.1, 0.15) is 11.1 Å². The minimum absolute atomic E-state index is 0.0636. The molecule has 0 aliphatic carbocycles. The van der Waals surface area contributed by atoms with E-state index in [1.807, 2.05) is 31.2 Å². The van der Waals surface area contributed by atoms with Crippen molar-refractivity contribution in [3.63, 3.8) is 0 Å².